The van der Waals surface area contributed by atoms with Crippen LogP contribution in [-0.4, -0.2) is 62.3 Å². The van der Waals surface area contributed by atoms with Crippen molar-refractivity contribution in [3.63, 3.8) is 0 Å². The van der Waals surface area contributed by atoms with Crippen LogP contribution in [0.1, 0.15) is 26.7 Å². The van der Waals surface area contributed by atoms with Crippen molar-refractivity contribution in [2.75, 3.05) is 46.6 Å². The highest BCUT2D eigenvalue weighted by Gasteiger charge is 2.05. The third-order valence-electron chi connectivity index (χ3n) is 3.45. The van der Waals surface area contributed by atoms with E-state index in [1.165, 1.54) is 0 Å². The van der Waals surface area contributed by atoms with Crippen LogP contribution in [0.3, 0.4) is 0 Å². The van der Waals surface area contributed by atoms with Gasteiger partial charge in [0.25, 0.3) is 0 Å². The molecule has 1 unspecified atom stereocenters. The van der Waals surface area contributed by atoms with Crippen molar-refractivity contribution in [2.24, 2.45) is 10.9 Å². The Labute approximate surface area is 145 Å². The second-order valence-corrected chi connectivity index (χ2v) is 5.79. The van der Waals surface area contributed by atoms with E-state index in [9.17, 15) is 0 Å². The minimum atomic E-state index is 0.458. The molecular weight excluding hydrogens is 306 g/mol. The molecule has 0 saturated heterocycles. The van der Waals surface area contributed by atoms with Crippen LogP contribution in [-0.2, 0) is 16.0 Å². The summed E-state index contributed by atoms with van der Waals surface area (Å²) in [5.41, 5.74) is 0. The zero-order valence-corrected chi connectivity index (χ0v) is 15.3. The summed E-state index contributed by atoms with van der Waals surface area (Å²) in [6.45, 7) is 9.56. The molecule has 1 aromatic rings. The summed E-state index contributed by atoms with van der Waals surface area (Å²) in [6.07, 6.45) is 6.06. The normalized spacial score (nSPS) is 13.0. The van der Waals surface area contributed by atoms with Crippen LogP contribution in [0.2, 0.25) is 0 Å². The van der Waals surface area contributed by atoms with Crippen molar-refractivity contribution < 1.29 is 9.47 Å². The van der Waals surface area contributed by atoms with Gasteiger partial charge in [-0.2, -0.15) is 5.10 Å². The third-order valence-corrected chi connectivity index (χ3v) is 3.45. The largest absolute Gasteiger partial charge is 0.379 e. The molecule has 0 spiro atoms. The van der Waals surface area contributed by atoms with E-state index in [2.05, 4.69) is 34.6 Å². The fraction of sp³-hybridized carbons (Fsp3) is 0.765. The fourth-order valence-corrected chi connectivity index (χ4v) is 2.09. The Kier molecular flexibility index (Phi) is 11.8. The Balaban J connectivity index is 2.00. The summed E-state index contributed by atoms with van der Waals surface area (Å²) in [5, 5.41) is 10.8. The molecule has 1 aromatic heterocycles. The van der Waals surface area contributed by atoms with Crippen molar-refractivity contribution in [2.45, 2.75) is 33.2 Å². The second-order valence-electron chi connectivity index (χ2n) is 5.79. The molecule has 1 atom stereocenters. The summed E-state index contributed by atoms with van der Waals surface area (Å²) < 4.78 is 12.9. The topological polar surface area (TPSA) is 72.7 Å². The molecule has 7 nitrogen and oxygen atoms in total. The van der Waals surface area contributed by atoms with E-state index in [1.54, 1.807) is 13.2 Å². The maximum absolute atomic E-state index is 5.52. The first-order chi connectivity index (χ1) is 11.8. The molecule has 7 heteroatoms. The molecule has 24 heavy (non-hydrogen) atoms. The van der Waals surface area contributed by atoms with Crippen molar-refractivity contribution in [3.05, 3.63) is 18.5 Å². The number of rotatable bonds is 13. The molecular formula is C17H33N5O2. The number of aliphatic imine (C=N–C) groups is 1. The van der Waals surface area contributed by atoms with Gasteiger partial charge in [-0.3, -0.25) is 9.67 Å². The van der Waals surface area contributed by atoms with Gasteiger partial charge in [0.15, 0.2) is 5.96 Å². The van der Waals surface area contributed by atoms with E-state index in [0.29, 0.717) is 25.7 Å². The summed E-state index contributed by atoms with van der Waals surface area (Å²) >= 11 is 0. The quantitative estimate of drug-likeness (QED) is 0.324. The van der Waals surface area contributed by atoms with Crippen molar-refractivity contribution >= 4 is 5.96 Å². The standard InChI is InChI=1S/C17H33N5O2/c1-4-5-10-23-12-13-24-11-8-19-17(18-3)20-14-16(2)15-22-9-6-7-21-22/h6-7,9,16H,4-5,8,10-15H2,1-3H3,(H2,18,19,20). The van der Waals surface area contributed by atoms with Crippen LogP contribution in [0.15, 0.2) is 23.5 Å². The molecule has 2 N–H and O–H groups in total. The highest BCUT2D eigenvalue weighted by Crippen LogP contribution is 1.97. The molecule has 0 saturated carbocycles. The van der Waals surface area contributed by atoms with Gasteiger partial charge in [0.05, 0.1) is 19.8 Å². The lowest BCUT2D eigenvalue weighted by atomic mass is 10.2. The van der Waals surface area contributed by atoms with E-state index in [-0.39, 0.29) is 0 Å². The molecule has 1 rings (SSSR count). The second kappa shape index (κ2) is 13.8. The Morgan fingerprint density at radius 3 is 2.67 bits per heavy atom. The minimum Gasteiger partial charge on any atom is -0.379 e. The molecule has 1 heterocycles. The number of guanidine groups is 1. The van der Waals surface area contributed by atoms with Crippen LogP contribution in [0.4, 0.5) is 0 Å². The number of nitrogens with zero attached hydrogens (tertiary/aromatic N) is 3. The molecule has 0 radical (unpaired) electrons. The van der Waals surface area contributed by atoms with Crippen molar-refractivity contribution in [3.8, 4) is 0 Å². The predicted octanol–water partition coefficient (Wildman–Crippen LogP) is 1.52. The number of nitrogens with one attached hydrogen (secondary N) is 2. The summed E-state index contributed by atoms with van der Waals surface area (Å²) in [4.78, 5) is 4.22. The average molecular weight is 339 g/mol. The van der Waals surface area contributed by atoms with Gasteiger partial charge in [-0.25, -0.2) is 0 Å². The molecule has 0 aliphatic rings. The Hall–Kier alpha value is -1.60. The van der Waals surface area contributed by atoms with Crippen LogP contribution >= 0.6 is 0 Å². The average Bonchev–Trinajstić information content (AvgIpc) is 3.09. The number of hydrogen-bond acceptors (Lipinski definition) is 4. The number of aromatic nitrogens is 2. The summed E-state index contributed by atoms with van der Waals surface area (Å²) in [7, 11) is 1.77. The molecule has 138 valence electrons. The van der Waals surface area contributed by atoms with Crippen LogP contribution < -0.4 is 10.6 Å². The smallest absolute Gasteiger partial charge is 0.191 e. The van der Waals surface area contributed by atoms with E-state index in [1.807, 2.05) is 16.9 Å². The third kappa shape index (κ3) is 10.2. The predicted molar refractivity (Wildman–Crippen MR) is 97.3 cm³/mol. The SMILES string of the molecule is CCCCOCCOCCNC(=NC)NCC(C)Cn1cccn1. The van der Waals surface area contributed by atoms with Crippen LogP contribution in [0.5, 0.6) is 0 Å². The highest BCUT2D eigenvalue weighted by atomic mass is 16.5. The van der Waals surface area contributed by atoms with Gasteiger partial charge in [0.1, 0.15) is 0 Å². The van der Waals surface area contributed by atoms with Gasteiger partial charge in [-0.1, -0.05) is 20.3 Å². The van der Waals surface area contributed by atoms with Gasteiger partial charge < -0.3 is 20.1 Å². The molecule has 0 aliphatic carbocycles. The van der Waals surface area contributed by atoms with Crippen molar-refractivity contribution in [1.29, 1.82) is 0 Å². The van der Waals surface area contributed by atoms with E-state index in [0.717, 1.165) is 45.0 Å². The first kappa shape index (κ1) is 20.4. The Bertz CT molecular complexity index is 423. The first-order valence-electron chi connectivity index (χ1n) is 8.83. The molecule has 0 amide bonds. The maximum Gasteiger partial charge on any atom is 0.191 e. The lowest BCUT2D eigenvalue weighted by Gasteiger charge is -2.16. The van der Waals surface area contributed by atoms with Crippen molar-refractivity contribution in [1.82, 2.24) is 20.4 Å². The highest BCUT2D eigenvalue weighted by molar-refractivity contribution is 5.79. The van der Waals surface area contributed by atoms with E-state index < -0.39 is 0 Å². The maximum atomic E-state index is 5.52. The zero-order chi connectivity index (χ0) is 17.5. The van der Waals surface area contributed by atoms with Gasteiger partial charge >= 0.3 is 0 Å². The number of unbranched alkanes of at least 4 members (excludes halogenated alkanes) is 1. The lowest BCUT2D eigenvalue weighted by molar-refractivity contribution is 0.0487. The van der Waals surface area contributed by atoms with Crippen LogP contribution in [0, 0.1) is 5.92 Å². The molecule has 0 aliphatic heterocycles. The summed E-state index contributed by atoms with van der Waals surface area (Å²) in [6, 6.07) is 1.94. The van der Waals surface area contributed by atoms with Gasteiger partial charge in [0.2, 0.25) is 0 Å². The number of ether oxygens (including phenoxy) is 2. The zero-order valence-electron chi connectivity index (χ0n) is 15.3. The fourth-order valence-electron chi connectivity index (χ4n) is 2.09. The van der Waals surface area contributed by atoms with Crippen LogP contribution in [0.25, 0.3) is 0 Å². The van der Waals surface area contributed by atoms with Gasteiger partial charge in [-0.05, 0) is 18.4 Å². The molecule has 0 fully saturated rings. The first-order valence-corrected chi connectivity index (χ1v) is 8.83. The van der Waals surface area contributed by atoms with Gasteiger partial charge in [0, 0.05) is 45.7 Å². The lowest BCUT2D eigenvalue weighted by Crippen LogP contribution is -2.41. The number of hydrogen-bond donors (Lipinski definition) is 2. The van der Waals surface area contributed by atoms with E-state index in [4.69, 9.17) is 9.47 Å². The van der Waals surface area contributed by atoms with Gasteiger partial charge in [-0.15, -0.1) is 0 Å². The molecule has 0 aromatic carbocycles. The Morgan fingerprint density at radius 1 is 1.21 bits per heavy atom. The van der Waals surface area contributed by atoms with E-state index >= 15 is 0 Å². The monoisotopic (exact) mass is 339 g/mol. The molecule has 0 bridgehead atoms. The Morgan fingerprint density at radius 2 is 2.00 bits per heavy atom. The minimum absolute atomic E-state index is 0.458. The summed E-state index contributed by atoms with van der Waals surface area (Å²) in [5.74, 6) is 1.25.